The van der Waals surface area contributed by atoms with Crippen molar-refractivity contribution in [2.24, 2.45) is 0 Å². The molecule has 0 aromatic heterocycles. The normalized spacial score (nSPS) is 18.3. The maximum Gasteiger partial charge on any atom is 0.205 e. The van der Waals surface area contributed by atoms with Crippen molar-refractivity contribution in [3.05, 3.63) is 51.1 Å². The van der Waals surface area contributed by atoms with Crippen molar-refractivity contribution in [2.75, 3.05) is 6.54 Å². The number of phenols is 2. The fourth-order valence-corrected chi connectivity index (χ4v) is 3.86. The van der Waals surface area contributed by atoms with Crippen molar-refractivity contribution in [1.82, 2.24) is 5.48 Å². The lowest BCUT2D eigenvalue weighted by Crippen LogP contribution is -2.42. The number of aromatic hydroxyl groups is 2. The summed E-state index contributed by atoms with van der Waals surface area (Å²) in [7, 11) is 0. The number of phenolic OH excluding ortho intramolecular Hbond substituents is 2. The zero-order valence-electron chi connectivity index (χ0n) is 17.1. The predicted molar refractivity (Wildman–Crippen MR) is 107 cm³/mol. The van der Waals surface area contributed by atoms with Crippen LogP contribution in [-0.2, 0) is 9.63 Å². The van der Waals surface area contributed by atoms with E-state index >= 15 is 0 Å². The highest BCUT2D eigenvalue weighted by atomic mass is 16.7. The second kappa shape index (κ2) is 7.85. The molecule has 0 radical (unpaired) electrons. The number of aldehydes is 1. The van der Waals surface area contributed by atoms with Gasteiger partial charge in [-0.2, -0.15) is 5.48 Å². The number of rotatable bonds is 5. The molecular formula is C22H25NO6. The van der Waals surface area contributed by atoms with Crippen molar-refractivity contribution in [1.29, 1.82) is 0 Å². The number of benzene rings is 2. The van der Waals surface area contributed by atoms with Gasteiger partial charge in [-0.25, -0.2) is 0 Å². The summed E-state index contributed by atoms with van der Waals surface area (Å²) in [6.45, 7) is 9.89. The molecule has 1 aliphatic rings. The van der Waals surface area contributed by atoms with Gasteiger partial charge in [-0.1, -0.05) is 0 Å². The quantitative estimate of drug-likeness (QED) is 0.403. The second-order valence-corrected chi connectivity index (χ2v) is 7.33. The molecule has 0 fully saturated rings. The molecule has 1 aliphatic heterocycles. The van der Waals surface area contributed by atoms with E-state index in [1.165, 1.54) is 6.07 Å². The standard InChI is InChI=1S/C22H25NO6/c1-10-11(2)13(4)18(14(5)12(10)3)21-22(29-23-6-7-24)20(27)19-16(26)8-15(25)9-17(19)28-21/h7-9,21-23,25-26H,6H2,1-5H3. The first-order valence-corrected chi connectivity index (χ1v) is 9.34. The lowest BCUT2D eigenvalue weighted by atomic mass is 9.83. The molecule has 154 valence electrons. The molecular weight excluding hydrogens is 374 g/mol. The molecule has 7 nitrogen and oxygen atoms in total. The Morgan fingerprint density at radius 2 is 1.62 bits per heavy atom. The molecule has 2 aromatic carbocycles. The van der Waals surface area contributed by atoms with E-state index in [0.29, 0.717) is 6.29 Å². The van der Waals surface area contributed by atoms with Crippen molar-refractivity contribution in [2.45, 2.75) is 46.8 Å². The summed E-state index contributed by atoms with van der Waals surface area (Å²) in [4.78, 5) is 29.4. The lowest BCUT2D eigenvalue weighted by molar-refractivity contribution is -0.112. The molecule has 1 heterocycles. The maximum absolute atomic E-state index is 13.2. The van der Waals surface area contributed by atoms with Gasteiger partial charge in [0.05, 0.1) is 6.54 Å². The van der Waals surface area contributed by atoms with Crippen LogP contribution in [0, 0.1) is 34.6 Å². The molecule has 3 N–H and O–H groups in total. The number of ether oxygens (including phenoxy) is 1. The van der Waals surface area contributed by atoms with Gasteiger partial charge in [-0.15, -0.1) is 0 Å². The Kier molecular flexibility index (Phi) is 5.64. The Balaban J connectivity index is 2.20. The first-order valence-electron chi connectivity index (χ1n) is 9.34. The Morgan fingerprint density at radius 1 is 1.03 bits per heavy atom. The molecule has 7 heteroatoms. The van der Waals surface area contributed by atoms with Gasteiger partial charge in [0, 0.05) is 17.7 Å². The molecule has 2 atom stereocenters. The number of ketones is 1. The number of fused-ring (bicyclic) bond motifs is 1. The first kappa shape index (κ1) is 20.8. The van der Waals surface area contributed by atoms with Crippen molar-refractivity contribution in [3.8, 4) is 17.2 Å². The van der Waals surface area contributed by atoms with Gasteiger partial charge in [-0.05, 0) is 62.4 Å². The number of carbonyl (C=O) groups is 2. The van der Waals surface area contributed by atoms with Crippen LogP contribution in [0.1, 0.15) is 49.8 Å². The molecule has 0 saturated carbocycles. The fourth-order valence-electron chi connectivity index (χ4n) is 3.86. The first-order chi connectivity index (χ1) is 13.7. The molecule has 0 spiro atoms. The smallest absolute Gasteiger partial charge is 0.205 e. The second-order valence-electron chi connectivity index (χ2n) is 7.33. The topological polar surface area (TPSA) is 105 Å². The number of hydrogen-bond donors (Lipinski definition) is 3. The predicted octanol–water partition coefficient (Wildman–Crippen LogP) is 3.05. The number of Topliss-reactive ketones (excluding diaryl/α,β-unsaturated/α-hetero) is 1. The molecule has 0 aliphatic carbocycles. The van der Waals surface area contributed by atoms with Gasteiger partial charge in [0.2, 0.25) is 5.78 Å². The molecule has 0 saturated heterocycles. The molecule has 0 amide bonds. The van der Waals surface area contributed by atoms with Crippen LogP contribution in [0.2, 0.25) is 0 Å². The molecule has 2 aromatic rings. The third-order valence-corrected chi connectivity index (χ3v) is 5.82. The van der Waals surface area contributed by atoms with Crippen LogP contribution in [-0.4, -0.2) is 34.9 Å². The minimum absolute atomic E-state index is 0.0622. The highest BCUT2D eigenvalue weighted by Crippen LogP contribution is 2.44. The minimum Gasteiger partial charge on any atom is -0.508 e. The van der Waals surface area contributed by atoms with Crippen molar-refractivity contribution >= 4 is 12.1 Å². The van der Waals surface area contributed by atoms with Crippen LogP contribution in [0.15, 0.2) is 12.1 Å². The summed E-state index contributed by atoms with van der Waals surface area (Å²) in [5.41, 5.74) is 8.51. The number of hydrogen-bond acceptors (Lipinski definition) is 7. The fraction of sp³-hybridized carbons (Fsp3) is 0.364. The van der Waals surface area contributed by atoms with Gasteiger partial charge in [0.15, 0.2) is 12.2 Å². The van der Waals surface area contributed by atoms with E-state index in [-0.39, 0.29) is 23.6 Å². The minimum atomic E-state index is -1.13. The van der Waals surface area contributed by atoms with Crippen LogP contribution in [0.25, 0.3) is 0 Å². The Hall–Kier alpha value is -2.90. The van der Waals surface area contributed by atoms with E-state index in [1.807, 2.05) is 34.6 Å². The maximum atomic E-state index is 13.2. The number of hydroxylamine groups is 1. The monoisotopic (exact) mass is 399 g/mol. The van der Waals surface area contributed by atoms with E-state index < -0.39 is 23.7 Å². The molecule has 3 rings (SSSR count). The SMILES string of the molecule is Cc1c(C)c(C)c(C2Oc3cc(O)cc(O)c3C(=O)C2ONCC=O)c(C)c1C. The molecule has 2 unspecified atom stereocenters. The third-order valence-electron chi connectivity index (χ3n) is 5.82. The summed E-state index contributed by atoms with van der Waals surface area (Å²) in [5.74, 6) is -1.02. The van der Waals surface area contributed by atoms with E-state index in [4.69, 9.17) is 9.57 Å². The van der Waals surface area contributed by atoms with Gasteiger partial charge in [0.25, 0.3) is 0 Å². The third kappa shape index (κ3) is 3.47. The zero-order valence-corrected chi connectivity index (χ0v) is 17.1. The van der Waals surface area contributed by atoms with E-state index in [9.17, 15) is 19.8 Å². The van der Waals surface area contributed by atoms with Crippen LogP contribution in [0.5, 0.6) is 17.2 Å². The summed E-state index contributed by atoms with van der Waals surface area (Å²) in [6, 6.07) is 2.38. The Bertz CT molecular complexity index is 969. The largest absolute Gasteiger partial charge is 0.508 e. The van der Waals surface area contributed by atoms with Crippen molar-refractivity contribution < 1.29 is 29.4 Å². The number of nitrogens with one attached hydrogen (secondary N) is 1. The van der Waals surface area contributed by atoms with E-state index in [1.54, 1.807) is 0 Å². The highest BCUT2D eigenvalue weighted by Gasteiger charge is 2.43. The lowest BCUT2D eigenvalue weighted by Gasteiger charge is -2.35. The molecule has 0 bridgehead atoms. The number of carbonyl (C=O) groups excluding carboxylic acids is 2. The zero-order chi connectivity index (χ0) is 21.5. The van der Waals surface area contributed by atoms with E-state index in [2.05, 4.69) is 5.48 Å². The summed E-state index contributed by atoms with van der Waals surface area (Å²) in [6.07, 6.45) is -1.34. The van der Waals surface area contributed by atoms with Crippen LogP contribution < -0.4 is 10.2 Å². The molecule has 29 heavy (non-hydrogen) atoms. The van der Waals surface area contributed by atoms with Crippen LogP contribution in [0.4, 0.5) is 0 Å². The van der Waals surface area contributed by atoms with E-state index in [0.717, 1.165) is 39.4 Å². The van der Waals surface area contributed by atoms with Crippen molar-refractivity contribution in [3.63, 3.8) is 0 Å². The van der Waals surface area contributed by atoms with Gasteiger partial charge < -0.3 is 19.7 Å². The average molecular weight is 399 g/mol. The van der Waals surface area contributed by atoms with Gasteiger partial charge >= 0.3 is 0 Å². The Morgan fingerprint density at radius 3 is 2.21 bits per heavy atom. The summed E-state index contributed by atoms with van der Waals surface area (Å²) in [5, 5.41) is 20.0. The summed E-state index contributed by atoms with van der Waals surface area (Å²) >= 11 is 0. The Labute approximate surface area is 169 Å². The van der Waals surface area contributed by atoms with Crippen LogP contribution in [0.3, 0.4) is 0 Å². The van der Waals surface area contributed by atoms with Gasteiger partial charge in [-0.3, -0.25) is 9.63 Å². The van der Waals surface area contributed by atoms with Gasteiger partial charge in [0.1, 0.15) is 29.1 Å². The highest BCUT2D eigenvalue weighted by molar-refractivity contribution is 6.05. The summed E-state index contributed by atoms with van der Waals surface area (Å²) < 4.78 is 6.11. The average Bonchev–Trinajstić information content (AvgIpc) is 2.66. The van der Waals surface area contributed by atoms with Crippen LogP contribution >= 0.6 is 0 Å².